The van der Waals surface area contributed by atoms with Crippen molar-refractivity contribution in [1.29, 1.82) is 0 Å². The van der Waals surface area contributed by atoms with Gasteiger partial charge in [0.15, 0.2) is 11.6 Å². The number of nitrogens with one attached hydrogen (secondary N) is 2. The van der Waals surface area contributed by atoms with Crippen LogP contribution in [0.3, 0.4) is 0 Å². The van der Waals surface area contributed by atoms with E-state index in [0.29, 0.717) is 13.1 Å². The zero-order valence-electron chi connectivity index (χ0n) is 15.8. The first-order valence-corrected chi connectivity index (χ1v) is 11.2. The van der Waals surface area contributed by atoms with Gasteiger partial charge < -0.3 is 10.2 Å². The first-order valence-electron chi connectivity index (χ1n) is 9.19. The predicted octanol–water partition coefficient (Wildman–Crippen LogP) is 2.92. The molecule has 1 aromatic heterocycles. The Balaban J connectivity index is 1.39. The Hall–Kier alpha value is -1.89. The van der Waals surface area contributed by atoms with E-state index in [1.807, 2.05) is 36.0 Å². The number of carbonyl (C=O) groups is 1. The molecule has 0 saturated heterocycles. The van der Waals surface area contributed by atoms with E-state index in [1.165, 1.54) is 10.3 Å². The molecule has 6 heteroatoms. The Labute approximate surface area is 169 Å². The summed E-state index contributed by atoms with van der Waals surface area (Å²) in [7, 11) is 2.06. The highest BCUT2D eigenvalue weighted by molar-refractivity contribution is 7.98. The minimum atomic E-state index is 0.0979. The van der Waals surface area contributed by atoms with Gasteiger partial charge >= 0.3 is 0 Å². The molecule has 2 N–H and O–H groups in total. The number of hydrogen-bond acceptors (Lipinski definition) is 4. The Morgan fingerprint density at radius 3 is 2.70 bits per heavy atom. The van der Waals surface area contributed by atoms with Crippen molar-refractivity contribution < 1.29 is 9.69 Å². The maximum absolute atomic E-state index is 12.2. The van der Waals surface area contributed by atoms with Crippen LogP contribution in [-0.4, -0.2) is 36.8 Å². The van der Waals surface area contributed by atoms with Crippen molar-refractivity contribution in [3.63, 3.8) is 0 Å². The number of thioether (sulfide) groups is 1. The van der Waals surface area contributed by atoms with E-state index in [9.17, 15) is 4.79 Å². The predicted molar refractivity (Wildman–Crippen MR) is 115 cm³/mol. The van der Waals surface area contributed by atoms with Gasteiger partial charge in [-0.05, 0) is 24.6 Å². The lowest BCUT2D eigenvalue weighted by Gasteiger charge is -2.19. The summed E-state index contributed by atoms with van der Waals surface area (Å²) in [4.78, 5) is 18.1. The maximum atomic E-state index is 12.2. The minimum absolute atomic E-state index is 0.0979. The van der Waals surface area contributed by atoms with E-state index in [0.717, 1.165) is 26.9 Å². The van der Waals surface area contributed by atoms with Crippen molar-refractivity contribution in [1.82, 2.24) is 10.3 Å². The van der Waals surface area contributed by atoms with Crippen molar-refractivity contribution in [2.45, 2.75) is 18.7 Å². The van der Waals surface area contributed by atoms with Gasteiger partial charge in [-0.15, -0.1) is 11.3 Å². The van der Waals surface area contributed by atoms with Crippen molar-refractivity contribution in [3.8, 4) is 0 Å². The maximum Gasteiger partial charge on any atom is 0.275 e. The number of fused-ring (bicyclic) bond motifs is 1. The number of aromatic nitrogens is 1. The van der Waals surface area contributed by atoms with E-state index in [2.05, 4.69) is 49.6 Å². The number of carbonyl (C=O) groups excluding carboxylic acids is 1. The van der Waals surface area contributed by atoms with Gasteiger partial charge in [0.25, 0.3) is 5.91 Å². The Kier molecular flexibility index (Phi) is 7.26. The summed E-state index contributed by atoms with van der Waals surface area (Å²) in [5.41, 5.74) is 2.36. The van der Waals surface area contributed by atoms with Gasteiger partial charge in [-0.2, -0.15) is 11.8 Å². The number of benzene rings is 2. The van der Waals surface area contributed by atoms with Gasteiger partial charge in [-0.3, -0.25) is 4.79 Å². The number of hydrogen-bond donors (Lipinski definition) is 2. The summed E-state index contributed by atoms with van der Waals surface area (Å²) in [6, 6.07) is 18.8. The SMILES string of the molecule is C[C@@H](c1nc2ccccc2s1)[NH+](C)CC(=O)NCCSCc1ccccc1. The summed E-state index contributed by atoms with van der Waals surface area (Å²) >= 11 is 3.56. The molecular formula is C21H26N3OS2+. The number of quaternary nitrogens is 1. The highest BCUT2D eigenvalue weighted by atomic mass is 32.2. The monoisotopic (exact) mass is 400 g/mol. The molecule has 0 saturated carbocycles. The van der Waals surface area contributed by atoms with Crippen molar-refractivity contribution in [2.75, 3.05) is 25.9 Å². The van der Waals surface area contributed by atoms with Gasteiger partial charge in [-0.25, -0.2) is 4.98 Å². The van der Waals surface area contributed by atoms with Crippen molar-refractivity contribution in [3.05, 3.63) is 65.2 Å². The normalized spacial score (nSPS) is 13.4. The molecule has 0 aliphatic heterocycles. The second kappa shape index (κ2) is 9.88. The smallest absolute Gasteiger partial charge is 0.275 e. The first-order chi connectivity index (χ1) is 13.1. The zero-order valence-corrected chi connectivity index (χ0v) is 17.4. The average molecular weight is 401 g/mol. The summed E-state index contributed by atoms with van der Waals surface area (Å²) < 4.78 is 1.20. The van der Waals surface area contributed by atoms with Gasteiger partial charge in [0.1, 0.15) is 6.04 Å². The van der Waals surface area contributed by atoms with Gasteiger partial charge in [0, 0.05) is 18.1 Å². The lowest BCUT2D eigenvalue weighted by molar-refractivity contribution is -0.902. The van der Waals surface area contributed by atoms with E-state index in [4.69, 9.17) is 4.98 Å². The van der Waals surface area contributed by atoms with Gasteiger partial charge in [-0.1, -0.05) is 42.5 Å². The summed E-state index contributed by atoms with van der Waals surface area (Å²) in [6.07, 6.45) is 0. The van der Waals surface area contributed by atoms with Crippen LogP contribution in [0.5, 0.6) is 0 Å². The molecule has 2 aromatic carbocycles. The number of nitrogens with zero attached hydrogens (tertiary/aromatic N) is 1. The first kappa shape index (κ1) is 19.9. The highest BCUT2D eigenvalue weighted by Gasteiger charge is 2.21. The molecule has 0 bridgehead atoms. The Morgan fingerprint density at radius 2 is 1.93 bits per heavy atom. The number of amides is 1. The van der Waals surface area contributed by atoms with Crippen LogP contribution in [0.4, 0.5) is 0 Å². The third-order valence-corrected chi connectivity index (χ3v) is 6.79. The molecule has 1 unspecified atom stereocenters. The fourth-order valence-corrected chi connectivity index (χ4v) is 4.71. The van der Waals surface area contributed by atoms with Crippen molar-refractivity contribution in [2.24, 2.45) is 0 Å². The van der Waals surface area contributed by atoms with E-state index < -0.39 is 0 Å². The van der Waals surface area contributed by atoms with Crippen LogP contribution >= 0.6 is 23.1 Å². The molecule has 4 nitrogen and oxygen atoms in total. The molecule has 1 amide bonds. The fraction of sp³-hybridized carbons (Fsp3) is 0.333. The molecule has 1 heterocycles. The van der Waals surface area contributed by atoms with Crippen LogP contribution in [0.2, 0.25) is 0 Å². The van der Waals surface area contributed by atoms with Crippen LogP contribution < -0.4 is 10.2 Å². The van der Waals surface area contributed by atoms with Gasteiger partial charge in [0.2, 0.25) is 0 Å². The zero-order chi connectivity index (χ0) is 19.1. The largest absolute Gasteiger partial charge is 0.350 e. The topological polar surface area (TPSA) is 46.4 Å². The average Bonchev–Trinajstić information content (AvgIpc) is 3.12. The fourth-order valence-electron chi connectivity index (χ4n) is 2.78. The standard InChI is InChI=1S/C21H25N3OS2/c1-16(21-23-18-10-6-7-11-19(18)27-21)24(2)14-20(25)22-12-13-26-15-17-8-4-3-5-9-17/h3-11,16H,12-15H2,1-2H3,(H,22,25)/p+1/t16-/m0/s1. The van der Waals surface area contributed by atoms with E-state index in [-0.39, 0.29) is 11.9 Å². The Morgan fingerprint density at radius 1 is 1.19 bits per heavy atom. The van der Waals surface area contributed by atoms with E-state index >= 15 is 0 Å². The van der Waals surface area contributed by atoms with Crippen molar-refractivity contribution >= 4 is 39.2 Å². The van der Waals surface area contributed by atoms with Crippen LogP contribution in [0, 0.1) is 0 Å². The van der Waals surface area contributed by atoms with Crippen LogP contribution in [0.15, 0.2) is 54.6 Å². The molecule has 0 aliphatic rings. The molecule has 0 radical (unpaired) electrons. The molecule has 0 aliphatic carbocycles. The van der Waals surface area contributed by atoms with Crippen LogP contribution in [0.25, 0.3) is 10.2 Å². The third kappa shape index (κ3) is 5.79. The second-order valence-corrected chi connectivity index (χ2v) is 8.82. The summed E-state index contributed by atoms with van der Waals surface area (Å²) in [5.74, 6) is 2.00. The van der Waals surface area contributed by atoms with E-state index in [1.54, 1.807) is 11.3 Å². The van der Waals surface area contributed by atoms with Gasteiger partial charge in [0.05, 0.1) is 17.3 Å². The lowest BCUT2D eigenvalue weighted by Crippen LogP contribution is -3.10. The quantitative estimate of drug-likeness (QED) is 0.543. The molecule has 3 rings (SSSR count). The molecular weight excluding hydrogens is 374 g/mol. The Bertz CT molecular complexity index is 833. The number of likely N-dealkylation sites (N-methyl/N-ethyl adjacent to an activating group) is 1. The highest BCUT2D eigenvalue weighted by Crippen LogP contribution is 2.24. The molecule has 0 spiro atoms. The molecule has 2 atom stereocenters. The van der Waals surface area contributed by atoms with Crippen LogP contribution in [0.1, 0.15) is 23.5 Å². The summed E-state index contributed by atoms with van der Waals surface area (Å²) in [6.45, 7) is 3.30. The number of para-hydroxylation sites is 1. The third-order valence-electron chi connectivity index (χ3n) is 4.54. The molecule has 142 valence electrons. The second-order valence-electron chi connectivity index (χ2n) is 6.65. The number of rotatable bonds is 9. The summed E-state index contributed by atoms with van der Waals surface area (Å²) in [5, 5.41) is 4.12. The van der Waals surface area contributed by atoms with Crippen LogP contribution in [-0.2, 0) is 10.5 Å². The molecule has 27 heavy (non-hydrogen) atoms. The lowest BCUT2D eigenvalue weighted by atomic mass is 10.2. The molecule has 3 aromatic rings. The minimum Gasteiger partial charge on any atom is -0.350 e. The number of thiazole rings is 1. The molecule has 0 fully saturated rings.